The molecule has 114 valence electrons. The molecule has 1 aromatic rings. The van der Waals surface area contributed by atoms with Gasteiger partial charge < -0.3 is 5.32 Å². The summed E-state index contributed by atoms with van der Waals surface area (Å²) >= 11 is 0. The number of rotatable bonds is 5. The van der Waals surface area contributed by atoms with E-state index in [-0.39, 0.29) is 18.4 Å². The van der Waals surface area contributed by atoms with Crippen molar-refractivity contribution in [2.45, 2.75) is 32.2 Å². The normalized spacial score (nSPS) is 17.6. The van der Waals surface area contributed by atoms with Crippen LogP contribution in [0.4, 0.5) is 8.78 Å². The molecule has 0 aliphatic carbocycles. The Balaban J connectivity index is 0.00000200. The van der Waals surface area contributed by atoms with E-state index < -0.39 is 11.6 Å². The number of nitrogens with one attached hydrogen (secondary N) is 1. The first kappa shape index (κ1) is 17.3. The molecule has 0 radical (unpaired) electrons. The average molecular weight is 305 g/mol. The fourth-order valence-electron chi connectivity index (χ4n) is 2.70. The monoisotopic (exact) mass is 304 g/mol. The van der Waals surface area contributed by atoms with Crippen molar-refractivity contribution in [1.82, 2.24) is 10.2 Å². The fourth-order valence-corrected chi connectivity index (χ4v) is 2.70. The highest BCUT2D eigenvalue weighted by atomic mass is 35.5. The van der Waals surface area contributed by atoms with E-state index in [9.17, 15) is 8.78 Å². The number of nitrogens with zero attached hydrogens (tertiary/aromatic N) is 1. The molecular weight excluding hydrogens is 282 g/mol. The van der Waals surface area contributed by atoms with Crippen LogP contribution in [0.3, 0.4) is 0 Å². The number of benzene rings is 1. The summed E-state index contributed by atoms with van der Waals surface area (Å²) in [4.78, 5) is 2.27. The van der Waals surface area contributed by atoms with Crippen molar-refractivity contribution in [3.8, 4) is 0 Å². The molecule has 2 rings (SSSR count). The predicted octanol–water partition coefficient (Wildman–Crippen LogP) is 3.52. The van der Waals surface area contributed by atoms with E-state index >= 15 is 0 Å². The van der Waals surface area contributed by atoms with Gasteiger partial charge in [-0.05, 0) is 12.5 Å². The van der Waals surface area contributed by atoms with Crippen molar-refractivity contribution in [3.05, 3.63) is 35.4 Å². The zero-order chi connectivity index (χ0) is 13.7. The molecule has 2 nitrogen and oxygen atoms in total. The third kappa shape index (κ3) is 4.14. The van der Waals surface area contributed by atoms with E-state index in [1.807, 2.05) is 0 Å². The van der Waals surface area contributed by atoms with Crippen LogP contribution in [0.15, 0.2) is 18.2 Å². The second kappa shape index (κ2) is 8.55. The third-order valence-corrected chi connectivity index (χ3v) is 3.76. The number of unbranched alkanes of at least 4 members (excludes halogenated alkanes) is 1. The van der Waals surface area contributed by atoms with E-state index in [1.165, 1.54) is 6.07 Å². The Morgan fingerprint density at radius 3 is 2.60 bits per heavy atom. The van der Waals surface area contributed by atoms with Gasteiger partial charge in [0.15, 0.2) is 11.6 Å². The van der Waals surface area contributed by atoms with E-state index in [0.717, 1.165) is 45.4 Å². The lowest BCUT2D eigenvalue weighted by Gasteiger charge is -2.35. The van der Waals surface area contributed by atoms with Crippen LogP contribution in [-0.2, 0) is 0 Å². The van der Waals surface area contributed by atoms with Crippen LogP contribution in [0, 0.1) is 11.6 Å². The van der Waals surface area contributed by atoms with Gasteiger partial charge in [-0.2, -0.15) is 0 Å². The molecule has 1 fully saturated rings. The maximum absolute atomic E-state index is 14.0. The molecule has 1 aliphatic rings. The minimum absolute atomic E-state index is 0. The first-order chi connectivity index (χ1) is 9.24. The first-order valence-corrected chi connectivity index (χ1v) is 7.12. The largest absolute Gasteiger partial charge is 0.314 e. The van der Waals surface area contributed by atoms with Gasteiger partial charge in [0.05, 0.1) is 0 Å². The van der Waals surface area contributed by atoms with E-state index in [0.29, 0.717) is 5.56 Å². The summed E-state index contributed by atoms with van der Waals surface area (Å²) in [7, 11) is 0. The van der Waals surface area contributed by atoms with Gasteiger partial charge in [-0.3, -0.25) is 4.90 Å². The van der Waals surface area contributed by atoms with Gasteiger partial charge in [-0.25, -0.2) is 8.78 Å². The van der Waals surface area contributed by atoms with Crippen molar-refractivity contribution in [1.29, 1.82) is 0 Å². The van der Waals surface area contributed by atoms with Crippen LogP contribution >= 0.6 is 12.4 Å². The van der Waals surface area contributed by atoms with Crippen molar-refractivity contribution < 1.29 is 8.78 Å². The molecule has 0 spiro atoms. The van der Waals surface area contributed by atoms with Crippen LogP contribution < -0.4 is 5.32 Å². The Kier molecular flexibility index (Phi) is 7.41. The molecule has 20 heavy (non-hydrogen) atoms. The van der Waals surface area contributed by atoms with Gasteiger partial charge in [-0.1, -0.05) is 31.9 Å². The number of hydrogen-bond donors (Lipinski definition) is 1. The van der Waals surface area contributed by atoms with Gasteiger partial charge >= 0.3 is 0 Å². The summed E-state index contributed by atoms with van der Waals surface area (Å²) in [5.74, 6) is -1.42. The lowest BCUT2D eigenvalue weighted by atomic mass is 9.98. The average Bonchev–Trinajstić information content (AvgIpc) is 2.45. The van der Waals surface area contributed by atoms with E-state index in [1.54, 1.807) is 12.1 Å². The summed E-state index contributed by atoms with van der Waals surface area (Å²) in [6.45, 7) is 5.74. The van der Waals surface area contributed by atoms with Crippen molar-refractivity contribution >= 4 is 12.4 Å². The number of piperazine rings is 1. The van der Waals surface area contributed by atoms with Gasteiger partial charge in [0, 0.05) is 37.8 Å². The molecule has 0 amide bonds. The molecule has 0 saturated carbocycles. The highest BCUT2D eigenvalue weighted by Crippen LogP contribution is 2.29. The van der Waals surface area contributed by atoms with Crippen LogP contribution in [0.5, 0.6) is 0 Å². The Hall–Kier alpha value is -0.710. The molecule has 1 heterocycles. The third-order valence-electron chi connectivity index (χ3n) is 3.76. The van der Waals surface area contributed by atoms with Gasteiger partial charge in [-0.15, -0.1) is 12.4 Å². The summed E-state index contributed by atoms with van der Waals surface area (Å²) in [5.41, 5.74) is 0.510. The molecule has 0 bridgehead atoms. The Morgan fingerprint density at radius 2 is 1.95 bits per heavy atom. The van der Waals surface area contributed by atoms with E-state index in [2.05, 4.69) is 17.1 Å². The quantitative estimate of drug-likeness (QED) is 0.895. The predicted molar refractivity (Wildman–Crippen MR) is 80.3 cm³/mol. The molecule has 1 aliphatic heterocycles. The topological polar surface area (TPSA) is 15.3 Å². The van der Waals surface area contributed by atoms with Crippen LogP contribution in [0.2, 0.25) is 0 Å². The summed E-state index contributed by atoms with van der Waals surface area (Å²) in [5, 5.41) is 3.29. The number of halogens is 3. The Bertz CT molecular complexity index is 409. The zero-order valence-corrected chi connectivity index (χ0v) is 12.7. The first-order valence-electron chi connectivity index (χ1n) is 7.12. The lowest BCUT2D eigenvalue weighted by Crippen LogP contribution is -2.45. The molecule has 0 aromatic heterocycles. The minimum atomic E-state index is -0.742. The van der Waals surface area contributed by atoms with Crippen LogP contribution in [0.25, 0.3) is 0 Å². The van der Waals surface area contributed by atoms with E-state index in [4.69, 9.17) is 0 Å². The van der Waals surface area contributed by atoms with Crippen LogP contribution in [-0.4, -0.2) is 31.1 Å². The Labute approximate surface area is 126 Å². The zero-order valence-electron chi connectivity index (χ0n) is 11.9. The molecule has 5 heteroatoms. The van der Waals surface area contributed by atoms with Crippen molar-refractivity contribution in [3.63, 3.8) is 0 Å². The summed E-state index contributed by atoms with van der Waals surface area (Å²) in [6.07, 6.45) is 2.99. The summed E-state index contributed by atoms with van der Waals surface area (Å²) in [6, 6.07) is 4.51. The van der Waals surface area contributed by atoms with Gasteiger partial charge in [0.2, 0.25) is 0 Å². The summed E-state index contributed by atoms with van der Waals surface area (Å²) < 4.78 is 27.4. The molecule has 1 N–H and O–H groups in total. The second-order valence-corrected chi connectivity index (χ2v) is 5.09. The Morgan fingerprint density at radius 1 is 1.25 bits per heavy atom. The molecule has 0 unspecified atom stereocenters. The molecule has 1 atom stereocenters. The maximum atomic E-state index is 14.0. The van der Waals surface area contributed by atoms with Crippen molar-refractivity contribution in [2.75, 3.05) is 26.2 Å². The standard InChI is InChI=1S/C15H22F2N2.ClH/c1-2-3-7-14(19-10-8-18-9-11-19)12-5-4-6-13(16)15(12)17;/h4-6,14,18H,2-3,7-11H2,1H3;1H/t14-;/m0./s1. The molecular formula is C15H23ClF2N2. The molecule has 1 aromatic carbocycles. The van der Waals surface area contributed by atoms with Crippen LogP contribution in [0.1, 0.15) is 37.8 Å². The maximum Gasteiger partial charge on any atom is 0.163 e. The number of hydrogen-bond acceptors (Lipinski definition) is 2. The smallest absolute Gasteiger partial charge is 0.163 e. The highest BCUT2D eigenvalue weighted by molar-refractivity contribution is 5.85. The highest BCUT2D eigenvalue weighted by Gasteiger charge is 2.25. The fraction of sp³-hybridized carbons (Fsp3) is 0.600. The minimum Gasteiger partial charge on any atom is -0.314 e. The van der Waals surface area contributed by atoms with Gasteiger partial charge in [0.1, 0.15) is 0 Å². The lowest BCUT2D eigenvalue weighted by molar-refractivity contribution is 0.159. The van der Waals surface area contributed by atoms with Crippen molar-refractivity contribution in [2.24, 2.45) is 0 Å². The van der Waals surface area contributed by atoms with Gasteiger partial charge in [0.25, 0.3) is 0 Å². The SMILES string of the molecule is CCCC[C@@H](c1cccc(F)c1F)N1CCNCC1.Cl. The molecule has 1 saturated heterocycles. The second-order valence-electron chi connectivity index (χ2n) is 5.09.